The molecule has 6 heteroatoms. The molecule has 0 radical (unpaired) electrons. The summed E-state index contributed by atoms with van der Waals surface area (Å²) in [6.07, 6.45) is 1.73. The maximum absolute atomic E-state index is 14.2. The molecule has 0 saturated carbocycles. The molecule has 2 rings (SSSR count). The highest BCUT2D eigenvalue weighted by atomic mass is 79.9. The SMILES string of the molecule is NNC(c1ccc(Br)c(Cl)c1F)C1CCOCC1. The summed E-state index contributed by atoms with van der Waals surface area (Å²) in [7, 11) is 0. The molecule has 1 aliphatic heterocycles. The Hall–Kier alpha value is -0.200. The molecule has 1 unspecified atom stereocenters. The Bertz CT molecular complexity index is 427. The molecule has 1 aliphatic rings. The van der Waals surface area contributed by atoms with Crippen LogP contribution in [-0.4, -0.2) is 13.2 Å². The predicted octanol–water partition coefficient (Wildman–Crippen LogP) is 3.17. The molecule has 1 aromatic rings. The van der Waals surface area contributed by atoms with Crippen molar-refractivity contribution in [1.82, 2.24) is 5.43 Å². The fraction of sp³-hybridized carbons (Fsp3) is 0.500. The van der Waals surface area contributed by atoms with Crippen molar-refractivity contribution in [1.29, 1.82) is 0 Å². The first-order valence-corrected chi connectivity index (χ1v) is 6.99. The number of nitrogens with one attached hydrogen (secondary N) is 1. The van der Waals surface area contributed by atoms with E-state index in [1.165, 1.54) is 0 Å². The molecular formula is C12H15BrClFN2O. The number of rotatable bonds is 3. The quantitative estimate of drug-likeness (QED) is 0.506. The van der Waals surface area contributed by atoms with E-state index in [0.29, 0.717) is 23.2 Å². The second-order valence-electron chi connectivity index (χ2n) is 4.36. The summed E-state index contributed by atoms with van der Waals surface area (Å²) in [5, 5.41) is 0.0970. The molecule has 1 saturated heterocycles. The molecule has 100 valence electrons. The summed E-state index contributed by atoms with van der Waals surface area (Å²) in [5.41, 5.74) is 3.22. The lowest BCUT2D eigenvalue weighted by atomic mass is 9.87. The molecule has 1 fully saturated rings. The van der Waals surface area contributed by atoms with Crippen molar-refractivity contribution < 1.29 is 9.13 Å². The van der Waals surface area contributed by atoms with Crippen LogP contribution in [0.5, 0.6) is 0 Å². The highest BCUT2D eigenvalue weighted by Crippen LogP contribution is 2.35. The topological polar surface area (TPSA) is 47.3 Å². The molecular weight excluding hydrogens is 323 g/mol. The Balaban J connectivity index is 2.29. The van der Waals surface area contributed by atoms with Crippen LogP contribution in [-0.2, 0) is 4.74 Å². The Morgan fingerprint density at radius 2 is 2.11 bits per heavy atom. The molecule has 1 atom stereocenters. The van der Waals surface area contributed by atoms with Crippen molar-refractivity contribution in [3.63, 3.8) is 0 Å². The number of nitrogens with two attached hydrogens (primary N) is 1. The number of hydrazine groups is 1. The lowest BCUT2D eigenvalue weighted by molar-refractivity contribution is 0.0531. The molecule has 0 aromatic heterocycles. The van der Waals surface area contributed by atoms with E-state index in [2.05, 4.69) is 21.4 Å². The third kappa shape index (κ3) is 2.86. The third-order valence-electron chi connectivity index (χ3n) is 3.32. The summed E-state index contributed by atoms with van der Waals surface area (Å²) in [6.45, 7) is 1.38. The van der Waals surface area contributed by atoms with E-state index in [1.54, 1.807) is 12.1 Å². The fourth-order valence-electron chi connectivity index (χ4n) is 2.31. The normalized spacial score (nSPS) is 18.9. The first-order chi connectivity index (χ1) is 8.65. The van der Waals surface area contributed by atoms with Gasteiger partial charge in [-0.1, -0.05) is 17.7 Å². The van der Waals surface area contributed by atoms with Crippen molar-refractivity contribution in [3.05, 3.63) is 33.0 Å². The minimum absolute atomic E-state index is 0.0970. The first kappa shape index (κ1) is 14.2. The van der Waals surface area contributed by atoms with Gasteiger partial charge >= 0.3 is 0 Å². The van der Waals surface area contributed by atoms with Crippen LogP contribution in [0, 0.1) is 11.7 Å². The molecule has 0 aliphatic carbocycles. The Morgan fingerprint density at radius 3 is 2.72 bits per heavy atom. The van der Waals surface area contributed by atoms with Gasteiger partial charge in [-0.2, -0.15) is 0 Å². The second kappa shape index (κ2) is 6.30. The Labute approximate surface area is 119 Å². The average Bonchev–Trinajstić information content (AvgIpc) is 2.41. The summed E-state index contributed by atoms with van der Waals surface area (Å²) in [5.74, 6) is 5.42. The van der Waals surface area contributed by atoms with Gasteiger partial charge in [0.15, 0.2) is 0 Å². The van der Waals surface area contributed by atoms with Gasteiger partial charge in [-0.05, 0) is 40.8 Å². The van der Waals surface area contributed by atoms with Gasteiger partial charge in [-0.15, -0.1) is 0 Å². The standard InChI is InChI=1S/C12H15BrClFN2O/c13-9-2-1-8(11(15)10(9)14)12(17-16)7-3-5-18-6-4-7/h1-2,7,12,17H,3-6,16H2. The monoisotopic (exact) mass is 336 g/mol. The molecule has 18 heavy (non-hydrogen) atoms. The number of halogens is 3. The van der Waals surface area contributed by atoms with Crippen LogP contribution in [0.1, 0.15) is 24.4 Å². The van der Waals surface area contributed by atoms with Gasteiger partial charge in [-0.3, -0.25) is 11.3 Å². The molecule has 3 nitrogen and oxygen atoms in total. The van der Waals surface area contributed by atoms with Gasteiger partial charge in [0, 0.05) is 23.2 Å². The van der Waals surface area contributed by atoms with E-state index in [0.717, 1.165) is 12.8 Å². The van der Waals surface area contributed by atoms with Crippen molar-refractivity contribution in [2.24, 2.45) is 11.8 Å². The van der Waals surface area contributed by atoms with Gasteiger partial charge < -0.3 is 4.74 Å². The van der Waals surface area contributed by atoms with Crippen LogP contribution < -0.4 is 11.3 Å². The van der Waals surface area contributed by atoms with Crippen molar-refractivity contribution in [3.8, 4) is 0 Å². The average molecular weight is 338 g/mol. The number of benzene rings is 1. The summed E-state index contributed by atoms with van der Waals surface area (Å²) < 4.78 is 20.0. The van der Waals surface area contributed by atoms with Gasteiger partial charge in [0.05, 0.1) is 11.1 Å². The van der Waals surface area contributed by atoms with E-state index in [9.17, 15) is 4.39 Å². The smallest absolute Gasteiger partial charge is 0.147 e. The third-order valence-corrected chi connectivity index (χ3v) is 4.58. The molecule has 1 heterocycles. The predicted molar refractivity (Wildman–Crippen MR) is 72.7 cm³/mol. The Morgan fingerprint density at radius 1 is 1.44 bits per heavy atom. The van der Waals surface area contributed by atoms with Crippen LogP contribution in [0.4, 0.5) is 4.39 Å². The zero-order chi connectivity index (χ0) is 13.1. The zero-order valence-corrected chi connectivity index (χ0v) is 12.1. The fourth-order valence-corrected chi connectivity index (χ4v) is 2.79. The van der Waals surface area contributed by atoms with Gasteiger partial charge in [0.2, 0.25) is 0 Å². The minimum Gasteiger partial charge on any atom is -0.381 e. The van der Waals surface area contributed by atoms with Gasteiger partial charge in [-0.25, -0.2) is 4.39 Å². The van der Waals surface area contributed by atoms with Crippen LogP contribution in [0.2, 0.25) is 5.02 Å². The molecule has 0 amide bonds. The highest BCUT2D eigenvalue weighted by molar-refractivity contribution is 9.10. The van der Waals surface area contributed by atoms with Crippen LogP contribution in [0.25, 0.3) is 0 Å². The minimum atomic E-state index is -0.416. The van der Waals surface area contributed by atoms with Crippen molar-refractivity contribution >= 4 is 27.5 Å². The van der Waals surface area contributed by atoms with Crippen molar-refractivity contribution in [2.45, 2.75) is 18.9 Å². The summed E-state index contributed by atoms with van der Waals surface area (Å²) in [4.78, 5) is 0. The maximum Gasteiger partial charge on any atom is 0.147 e. The Kier molecular flexibility index (Phi) is 4.98. The first-order valence-electron chi connectivity index (χ1n) is 5.82. The second-order valence-corrected chi connectivity index (χ2v) is 5.59. The van der Waals surface area contributed by atoms with Gasteiger partial charge in [0.25, 0.3) is 0 Å². The zero-order valence-electron chi connectivity index (χ0n) is 9.76. The van der Waals surface area contributed by atoms with E-state index >= 15 is 0 Å². The van der Waals surface area contributed by atoms with Crippen molar-refractivity contribution in [2.75, 3.05) is 13.2 Å². The highest BCUT2D eigenvalue weighted by Gasteiger charge is 2.27. The summed E-state index contributed by atoms with van der Waals surface area (Å²) >= 11 is 9.11. The van der Waals surface area contributed by atoms with Crippen LogP contribution in [0.3, 0.4) is 0 Å². The maximum atomic E-state index is 14.2. The van der Waals surface area contributed by atoms with Gasteiger partial charge in [0.1, 0.15) is 5.82 Å². The summed E-state index contributed by atoms with van der Waals surface area (Å²) in [6, 6.07) is 3.22. The molecule has 0 bridgehead atoms. The van der Waals surface area contributed by atoms with Crippen LogP contribution >= 0.6 is 27.5 Å². The van der Waals surface area contributed by atoms with E-state index in [-0.39, 0.29) is 17.0 Å². The molecule has 0 spiro atoms. The molecule has 3 N–H and O–H groups in total. The van der Waals surface area contributed by atoms with E-state index < -0.39 is 5.82 Å². The lowest BCUT2D eigenvalue weighted by Gasteiger charge is -2.30. The van der Waals surface area contributed by atoms with Crippen LogP contribution in [0.15, 0.2) is 16.6 Å². The molecule has 1 aromatic carbocycles. The number of hydrogen-bond acceptors (Lipinski definition) is 3. The van der Waals surface area contributed by atoms with E-state index in [4.69, 9.17) is 22.2 Å². The van der Waals surface area contributed by atoms with E-state index in [1.807, 2.05) is 0 Å². The number of ether oxygens (including phenoxy) is 1. The number of hydrogen-bond donors (Lipinski definition) is 2. The largest absolute Gasteiger partial charge is 0.381 e. The lowest BCUT2D eigenvalue weighted by Crippen LogP contribution is -2.36.